The van der Waals surface area contributed by atoms with Gasteiger partial charge in [0.25, 0.3) is 0 Å². The molecule has 0 saturated carbocycles. The lowest BCUT2D eigenvalue weighted by Crippen LogP contribution is -1.98. The van der Waals surface area contributed by atoms with Gasteiger partial charge in [0, 0.05) is 15.2 Å². The number of halogens is 2. The summed E-state index contributed by atoms with van der Waals surface area (Å²) in [7, 11) is 0. The number of anilines is 2. The Balaban J connectivity index is 2.11. The summed E-state index contributed by atoms with van der Waals surface area (Å²) >= 11 is 9.61. The molecule has 0 bridgehead atoms. The van der Waals surface area contributed by atoms with Gasteiger partial charge in [0.2, 0.25) is 0 Å². The highest BCUT2D eigenvalue weighted by Gasteiger charge is 2.09. The van der Waals surface area contributed by atoms with Gasteiger partial charge in [0.05, 0.1) is 5.69 Å². The predicted octanol–water partition coefficient (Wildman–Crippen LogP) is 5.10. The van der Waals surface area contributed by atoms with Gasteiger partial charge in [-0.3, -0.25) is 0 Å². The molecule has 100 valence electrons. The number of hydrogen-bond donors (Lipinski definition) is 1. The molecule has 2 aromatic carbocycles. The second-order valence-electron chi connectivity index (χ2n) is 4.49. The second-order valence-corrected chi connectivity index (χ2v) is 5.71. The van der Waals surface area contributed by atoms with Gasteiger partial charge in [-0.1, -0.05) is 41.9 Å². The Morgan fingerprint density at radius 1 is 1.05 bits per heavy atom. The van der Waals surface area contributed by atoms with Gasteiger partial charge in [-0.15, -0.1) is 10.2 Å². The van der Waals surface area contributed by atoms with Crippen molar-refractivity contribution in [2.24, 2.45) is 0 Å². The van der Waals surface area contributed by atoms with Gasteiger partial charge in [-0.2, -0.15) is 0 Å². The first-order valence-electron chi connectivity index (χ1n) is 6.09. The molecular weight excluding hydrogens is 338 g/mol. The topological polar surface area (TPSA) is 37.8 Å². The summed E-state index contributed by atoms with van der Waals surface area (Å²) < 4.78 is 0.976. The first-order valence-corrected chi connectivity index (χ1v) is 7.26. The Kier molecular flexibility index (Phi) is 3.59. The molecule has 3 rings (SSSR count). The van der Waals surface area contributed by atoms with Crippen molar-refractivity contribution in [3.63, 3.8) is 0 Å². The number of benzene rings is 2. The van der Waals surface area contributed by atoms with Crippen molar-refractivity contribution in [3.05, 3.63) is 57.7 Å². The molecule has 5 heteroatoms. The lowest BCUT2D eigenvalue weighted by atomic mass is 10.2. The van der Waals surface area contributed by atoms with Gasteiger partial charge in [0.1, 0.15) is 0 Å². The number of rotatable bonds is 2. The van der Waals surface area contributed by atoms with E-state index in [4.69, 9.17) is 11.6 Å². The van der Waals surface area contributed by atoms with Gasteiger partial charge in [0.15, 0.2) is 11.0 Å². The molecule has 0 aliphatic heterocycles. The maximum atomic E-state index is 6.08. The number of nitrogens with one attached hydrogen (secondary N) is 1. The second kappa shape index (κ2) is 5.38. The Hall–Kier alpha value is -1.65. The zero-order chi connectivity index (χ0) is 14.1. The van der Waals surface area contributed by atoms with Crippen LogP contribution < -0.4 is 5.32 Å². The van der Waals surface area contributed by atoms with Gasteiger partial charge < -0.3 is 5.32 Å². The standard InChI is InChI=1S/C15H11BrClN3/c1-9-6-7-12(16)13(8-9)18-15-11-5-3-2-4-10(11)14(17)19-20-15/h2-8H,1H3,(H,18,20). The summed E-state index contributed by atoms with van der Waals surface area (Å²) in [6.45, 7) is 2.04. The van der Waals surface area contributed by atoms with E-state index in [1.807, 2.05) is 43.3 Å². The van der Waals surface area contributed by atoms with E-state index < -0.39 is 0 Å². The van der Waals surface area contributed by atoms with Crippen LogP contribution >= 0.6 is 27.5 Å². The fraction of sp³-hybridized carbons (Fsp3) is 0.0667. The van der Waals surface area contributed by atoms with E-state index in [9.17, 15) is 0 Å². The molecule has 20 heavy (non-hydrogen) atoms. The van der Waals surface area contributed by atoms with Crippen molar-refractivity contribution < 1.29 is 0 Å². The summed E-state index contributed by atoms with van der Waals surface area (Å²) in [5.41, 5.74) is 2.12. The molecule has 0 aliphatic carbocycles. The first-order chi connectivity index (χ1) is 9.65. The Morgan fingerprint density at radius 2 is 1.80 bits per heavy atom. The van der Waals surface area contributed by atoms with E-state index in [0.717, 1.165) is 20.9 Å². The lowest BCUT2D eigenvalue weighted by Gasteiger charge is -2.11. The molecule has 1 heterocycles. The predicted molar refractivity (Wildman–Crippen MR) is 86.7 cm³/mol. The molecule has 0 unspecified atom stereocenters. The van der Waals surface area contributed by atoms with Crippen LogP contribution in [0.2, 0.25) is 5.15 Å². The quantitative estimate of drug-likeness (QED) is 0.700. The largest absolute Gasteiger partial charge is 0.337 e. The Labute approximate surface area is 130 Å². The summed E-state index contributed by atoms with van der Waals surface area (Å²) in [4.78, 5) is 0. The average molecular weight is 349 g/mol. The molecule has 0 atom stereocenters. The van der Waals surface area contributed by atoms with Crippen LogP contribution in [0, 0.1) is 6.92 Å². The minimum atomic E-state index is 0.412. The number of fused-ring (bicyclic) bond motifs is 1. The zero-order valence-corrected chi connectivity index (χ0v) is 13.0. The summed E-state index contributed by atoms with van der Waals surface area (Å²) in [5, 5.41) is 13.7. The fourth-order valence-electron chi connectivity index (χ4n) is 2.03. The number of aryl methyl sites for hydroxylation is 1. The van der Waals surface area contributed by atoms with E-state index in [0.29, 0.717) is 11.0 Å². The molecule has 3 aromatic rings. The molecule has 0 radical (unpaired) electrons. The number of aromatic nitrogens is 2. The van der Waals surface area contributed by atoms with Crippen molar-refractivity contribution in [1.29, 1.82) is 0 Å². The first kappa shape index (κ1) is 13.3. The highest BCUT2D eigenvalue weighted by Crippen LogP contribution is 2.31. The molecule has 3 nitrogen and oxygen atoms in total. The Morgan fingerprint density at radius 3 is 2.60 bits per heavy atom. The fourth-order valence-corrected chi connectivity index (χ4v) is 2.57. The molecule has 1 N–H and O–H groups in total. The van der Waals surface area contributed by atoms with Crippen LogP contribution in [0.15, 0.2) is 46.9 Å². The highest BCUT2D eigenvalue weighted by molar-refractivity contribution is 9.10. The summed E-state index contributed by atoms with van der Waals surface area (Å²) in [6, 6.07) is 13.9. The van der Waals surface area contributed by atoms with E-state index in [-0.39, 0.29) is 0 Å². The Bertz CT molecular complexity index is 789. The average Bonchev–Trinajstić information content (AvgIpc) is 2.46. The monoisotopic (exact) mass is 347 g/mol. The normalized spacial score (nSPS) is 10.8. The molecule has 0 amide bonds. The van der Waals surface area contributed by atoms with Crippen LogP contribution in [0.5, 0.6) is 0 Å². The van der Waals surface area contributed by atoms with Crippen molar-refractivity contribution in [2.45, 2.75) is 6.92 Å². The number of nitrogens with zero attached hydrogens (tertiary/aromatic N) is 2. The minimum absolute atomic E-state index is 0.412. The molecule has 0 aliphatic rings. The van der Waals surface area contributed by atoms with Gasteiger partial charge in [-0.25, -0.2) is 0 Å². The highest BCUT2D eigenvalue weighted by atomic mass is 79.9. The van der Waals surface area contributed by atoms with Crippen LogP contribution in [0.25, 0.3) is 10.8 Å². The van der Waals surface area contributed by atoms with Crippen molar-refractivity contribution >= 4 is 49.8 Å². The molecule has 1 aromatic heterocycles. The van der Waals surface area contributed by atoms with Crippen molar-refractivity contribution in [2.75, 3.05) is 5.32 Å². The van der Waals surface area contributed by atoms with Crippen molar-refractivity contribution in [1.82, 2.24) is 10.2 Å². The van der Waals surface area contributed by atoms with E-state index >= 15 is 0 Å². The van der Waals surface area contributed by atoms with Crippen LogP contribution in [-0.2, 0) is 0 Å². The zero-order valence-electron chi connectivity index (χ0n) is 10.7. The molecule has 0 saturated heterocycles. The smallest absolute Gasteiger partial charge is 0.161 e. The van der Waals surface area contributed by atoms with Gasteiger partial charge in [-0.05, 0) is 40.5 Å². The van der Waals surface area contributed by atoms with E-state index in [1.54, 1.807) is 0 Å². The molecule has 0 fully saturated rings. The third-order valence-electron chi connectivity index (χ3n) is 3.02. The summed E-state index contributed by atoms with van der Waals surface area (Å²) in [5.74, 6) is 0.691. The van der Waals surface area contributed by atoms with Crippen molar-refractivity contribution in [3.8, 4) is 0 Å². The lowest BCUT2D eigenvalue weighted by molar-refractivity contribution is 1.05. The third kappa shape index (κ3) is 2.49. The van der Waals surface area contributed by atoms with E-state index in [2.05, 4.69) is 37.5 Å². The minimum Gasteiger partial charge on any atom is -0.337 e. The van der Waals surface area contributed by atoms with Crippen LogP contribution in [0.1, 0.15) is 5.56 Å². The third-order valence-corrected chi connectivity index (χ3v) is 3.99. The van der Waals surface area contributed by atoms with Crippen LogP contribution in [-0.4, -0.2) is 10.2 Å². The maximum Gasteiger partial charge on any atom is 0.161 e. The van der Waals surface area contributed by atoms with E-state index in [1.165, 1.54) is 5.56 Å². The molecular formula is C15H11BrClN3. The summed E-state index contributed by atoms with van der Waals surface area (Å²) in [6.07, 6.45) is 0. The van der Waals surface area contributed by atoms with Gasteiger partial charge >= 0.3 is 0 Å². The molecule has 0 spiro atoms. The number of hydrogen-bond acceptors (Lipinski definition) is 3. The SMILES string of the molecule is Cc1ccc(Br)c(Nc2nnc(Cl)c3ccccc23)c1. The maximum absolute atomic E-state index is 6.08. The van der Waals surface area contributed by atoms with Crippen LogP contribution in [0.3, 0.4) is 0 Å². The van der Waals surface area contributed by atoms with Crippen LogP contribution in [0.4, 0.5) is 11.5 Å².